The molecular weight excluding hydrogens is 216 g/mol. The third kappa shape index (κ3) is 6.64. The minimum atomic E-state index is -0.356. The van der Waals surface area contributed by atoms with Crippen LogP contribution in [0.15, 0.2) is 0 Å². The van der Waals surface area contributed by atoms with Crippen LogP contribution in [0.4, 0.5) is 0 Å². The zero-order chi connectivity index (χ0) is 12.9. The van der Waals surface area contributed by atoms with Gasteiger partial charge in [0.2, 0.25) is 0 Å². The number of esters is 1. The first-order chi connectivity index (χ1) is 7.87. The average Bonchev–Trinajstić information content (AvgIpc) is 2.18. The quantitative estimate of drug-likeness (QED) is 0.697. The average molecular weight is 242 g/mol. The summed E-state index contributed by atoms with van der Waals surface area (Å²) in [5.41, 5.74) is -0.356. The molecule has 0 aromatic heterocycles. The van der Waals surface area contributed by atoms with Crippen molar-refractivity contribution in [3.8, 4) is 0 Å². The van der Waals surface area contributed by atoms with Gasteiger partial charge in [-0.3, -0.25) is 4.79 Å². The molecule has 0 spiro atoms. The third-order valence-electron chi connectivity index (χ3n) is 2.87. The molecule has 0 aromatic carbocycles. The molecule has 0 bridgehead atoms. The molecule has 4 nitrogen and oxygen atoms in total. The Labute approximate surface area is 105 Å². The van der Waals surface area contributed by atoms with Crippen molar-refractivity contribution in [1.29, 1.82) is 0 Å². The second-order valence-corrected chi connectivity index (χ2v) is 5.83. The fourth-order valence-electron chi connectivity index (χ4n) is 1.91. The standard InChI is InChI=1S/C13H26N2O2/c1-13(2,3)17-12(16)6-5-7-15-10-8-14(4)9-11-15/h5-11H2,1-4H3. The van der Waals surface area contributed by atoms with Crippen molar-refractivity contribution < 1.29 is 9.53 Å². The van der Waals surface area contributed by atoms with Gasteiger partial charge in [-0.1, -0.05) is 0 Å². The van der Waals surface area contributed by atoms with Crippen molar-refractivity contribution in [3.63, 3.8) is 0 Å². The van der Waals surface area contributed by atoms with E-state index < -0.39 is 0 Å². The molecule has 100 valence electrons. The minimum Gasteiger partial charge on any atom is -0.460 e. The van der Waals surface area contributed by atoms with E-state index in [4.69, 9.17) is 4.74 Å². The van der Waals surface area contributed by atoms with Gasteiger partial charge in [-0.2, -0.15) is 0 Å². The molecule has 0 atom stereocenters. The Bertz CT molecular complexity index is 240. The van der Waals surface area contributed by atoms with Crippen molar-refractivity contribution in [2.75, 3.05) is 39.8 Å². The van der Waals surface area contributed by atoms with Crippen LogP contribution in [0.25, 0.3) is 0 Å². The number of piperazine rings is 1. The van der Waals surface area contributed by atoms with Crippen LogP contribution in [0.1, 0.15) is 33.6 Å². The first-order valence-electron chi connectivity index (χ1n) is 6.49. The summed E-state index contributed by atoms with van der Waals surface area (Å²) in [6, 6.07) is 0. The molecule has 17 heavy (non-hydrogen) atoms. The van der Waals surface area contributed by atoms with Crippen LogP contribution in [0, 0.1) is 0 Å². The molecule has 1 fully saturated rings. The molecule has 1 aliphatic rings. The normalized spacial score (nSPS) is 19.3. The number of rotatable bonds is 4. The summed E-state index contributed by atoms with van der Waals surface area (Å²) >= 11 is 0. The van der Waals surface area contributed by atoms with Gasteiger partial charge in [0.05, 0.1) is 0 Å². The number of carbonyl (C=O) groups is 1. The fourth-order valence-corrected chi connectivity index (χ4v) is 1.91. The van der Waals surface area contributed by atoms with Crippen molar-refractivity contribution in [3.05, 3.63) is 0 Å². The maximum Gasteiger partial charge on any atom is 0.306 e. The number of carbonyl (C=O) groups excluding carboxylic acids is 1. The lowest BCUT2D eigenvalue weighted by Crippen LogP contribution is -2.44. The van der Waals surface area contributed by atoms with Crippen LogP contribution in [0.5, 0.6) is 0 Å². The van der Waals surface area contributed by atoms with Crippen molar-refractivity contribution in [1.82, 2.24) is 9.80 Å². The van der Waals surface area contributed by atoms with Gasteiger partial charge in [0, 0.05) is 32.6 Å². The predicted octanol–water partition coefficient (Wildman–Crippen LogP) is 1.36. The Kier molecular flexibility index (Phi) is 5.40. The molecular formula is C13H26N2O2. The smallest absolute Gasteiger partial charge is 0.306 e. The van der Waals surface area contributed by atoms with Crippen LogP contribution >= 0.6 is 0 Å². The van der Waals surface area contributed by atoms with Crippen LogP contribution in [0.2, 0.25) is 0 Å². The van der Waals surface area contributed by atoms with Crippen molar-refractivity contribution in [2.24, 2.45) is 0 Å². The molecule has 1 saturated heterocycles. The second kappa shape index (κ2) is 6.36. The summed E-state index contributed by atoms with van der Waals surface area (Å²) in [4.78, 5) is 16.3. The zero-order valence-corrected chi connectivity index (χ0v) is 11.7. The third-order valence-corrected chi connectivity index (χ3v) is 2.87. The Morgan fingerprint density at radius 1 is 1.18 bits per heavy atom. The van der Waals surface area contributed by atoms with E-state index in [0.29, 0.717) is 6.42 Å². The number of hydrogen-bond donors (Lipinski definition) is 0. The molecule has 0 unspecified atom stereocenters. The van der Waals surface area contributed by atoms with E-state index in [0.717, 1.165) is 39.1 Å². The summed E-state index contributed by atoms with van der Waals surface area (Å²) in [6.45, 7) is 11.2. The first-order valence-corrected chi connectivity index (χ1v) is 6.49. The molecule has 0 N–H and O–H groups in total. The molecule has 0 saturated carbocycles. The molecule has 1 rings (SSSR count). The van der Waals surface area contributed by atoms with E-state index in [1.807, 2.05) is 20.8 Å². The summed E-state index contributed by atoms with van der Waals surface area (Å²) in [5.74, 6) is -0.0772. The van der Waals surface area contributed by atoms with E-state index in [1.165, 1.54) is 0 Å². The second-order valence-electron chi connectivity index (χ2n) is 5.83. The van der Waals surface area contributed by atoms with Gasteiger partial charge in [0.25, 0.3) is 0 Å². The van der Waals surface area contributed by atoms with Crippen molar-refractivity contribution >= 4 is 5.97 Å². The summed E-state index contributed by atoms with van der Waals surface area (Å²) in [6.07, 6.45) is 1.43. The van der Waals surface area contributed by atoms with Crippen LogP contribution in [-0.4, -0.2) is 61.1 Å². The van der Waals surface area contributed by atoms with E-state index in [9.17, 15) is 4.79 Å². The van der Waals surface area contributed by atoms with E-state index in [2.05, 4.69) is 16.8 Å². The first kappa shape index (κ1) is 14.5. The molecule has 1 aliphatic heterocycles. The van der Waals surface area contributed by atoms with Crippen LogP contribution in [0.3, 0.4) is 0 Å². The molecule has 0 amide bonds. The highest BCUT2D eigenvalue weighted by Crippen LogP contribution is 2.09. The van der Waals surface area contributed by atoms with Gasteiger partial charge in [-0.05, 0) is 40.8 Å². The Morgan fingerprint density at radius 2 is 1.76 bits per heavy atom. The Hall–Kier alpha value is -0.610. The number of ether oxygens (including phenoxy) is 1. The highest BCUT2D eigenvalue weighted by molar-refractivity contribution is 5.69. The van der Waals surface area contributed by atoms with Gasteiger partial charge in [-0.25, -0.2) is 0 Å². The van der Waals surface area contributed by atoms with Gasteiger partial charge in [-0.15, -0.1) is 0 Å². The topological polar surface area (TPSA) is 32.8 Å². The molecule has 0 aromatic rings. The van der Waals surface area contributed by atoms with Gasteiger partial charge in [0.15, 0.2) is 0 Å². The lowest BCUT2D eigenvalue weighted by Gasteiger charge is -2.32. The van der Waals surface area contributed by atoms with Gasteiger partial charge < -0.3 is 14.5 Å². The zero-order valence-electron chi connectivity index (χ0n) is 11.7. The maximum atomic E-state index is 11.5. The highest BCUT2D eigenvalue weighted by atomic mass is 16.6. The molecule has 0 aliphatic carbocycles. The largest absolute Gasteiger partial charge is 0.460 e. The lowest BCUT2D eigenvalue weighted by molar-refractivity contribution is -0.155. The van der Waals surface area contributed by atoms with Gasteiger partial charge >= 0.3 is 5.97 Å². The Morgan fingerprint density at radius 3 is 2.29 bits per heavy atom. The monoisotopic (exact) mass is 242 g/mol. The summed E-state index contributed by atoms with van der Waals surface area (Å²) in [7, 11) is 2.15. The number of likely N-dealkylation sites (N-methyl/N-ethyl adjacent to an activating group) is 1. The maximum absolute atomic E-state index is 11.5. The predicted molar refractivity (Wildman–Crippen MR) is 69.0 cm³/mol. The van der Waals surface area contributed by atoms with E-state index >= 15 is 0 Å². The lowest BCUT2D eigenvalue weighted by atomic mass is 10.2. The Balaban J connectivity index is 2.09. The minimum absolute atomic E-state index is 0.0772. The highest BCUT2D eigenvalue weighted by Gasteiger charge is 2.17. The number of hydrogen-bond acceptors (Lipinski definition) is 4. The van der Waals surface area contributed by atoms with E-state index in [-0.39, 0.29) is 11.6 Å². The fraction of sp³-hybridized carbons (Fsp3) is 0.923. The van der Waals surface area contributed by atoms with E-state index in [1.54, 1.807) is 0 Å². The SMILES string of the molecule is CN1CCN(CCCC(=O)OC(C)(C)C)CC1. The molecule has 1 heterocycles. The van der Waals surface area contributed by atoms with Gasteiger partial charge in [0.1, 0.15) is 5.60 Å². The van der Waals surface area contributed by atoms with Crippen molar-refractivity contribution in [2.45, 2.75) is 39.2 Å². The molecule has 4 heteroatoms. The molecule has 0 radical (unpaired) electrons. The van der Waals surface area contributed by atoms with Crippen LogP contribution < -0.4 is 0 Å². The summed E-state index contributed by atoms with van der Waals surface area (Å²) < 4.78 is 5.28. The summed E-state index contributed by atoms with van der Waals surface area (Å²) in [5, 5.41) is 0. The number of nitrogens with zero attached hydrogens (tertiary/aromatic N) is 2. The van der Waals surface area contributed by atoms with Crippen LogP contribution in [-0.2, 0) is 9.53 Å².